The third kappa shape index (κ3) is 3.79. The number of nitrogens with zero attached hydrogens (tertiary/aromatic N) is 4. The van der Waals surface area contributed by atoms with E-state index in [9.17, 15) is 0 Å². The third-order valence-corrected chi connectivity index (χ3v) is 4.91. The average molecular weight is 346 g/mol. The highest BCUT2D eigenvalue weighted by molar-refractivity contribution is 6.31. The first-order chi connectivity index (χ1) is 11.6. The summed E-state index contributed by atoms with van der Waals surface area (Å²) in [5, 5.41) is 4.05. The zero-order chi connectivity index (χ0) is 17.1. The molecule has 2 aromatic rings. The quantitative estimate of drug-likeness (QED) is 0.916. The highest BCUT2D eigenvalue weighted by atomic mass is 35.5. The van der Waals surface area contributed by atoms with Crippen LogP contribution in [-0.4, -0.2) is 47.6 Å². The Kier molecular flexibility index (Phi) is 5.21. The molecule has 0 saturated carbocycles. The van der Waals surface area contributed by atoms with E-state index < -0.39 is 0 Å². The van der Waals surface area contributed by atoms with Crippen LogP contribution >= 0.6 is 11.6 Å². The van der Waals surface area contributed by atoms with Crippen molar-refractivity contribution in [2.75, 3.05) is 42.9 Å². The summed E-state index contributed by atoms with van der Waals surface area (Å²) in [5.74, 6) is 1.61. The molecule has 2 heterocycles. The first kappa shape index (κ1) is 17.0. The number of piperazine rings is 1. The Morgan fingerprint density at radius 2 is 1.88 bits per heavy atom. The molecule has 0 unspecified atom stereocenters. The van der Waals surface area contributed by atoms with E-state index in [-0.39, 0.29) is 0 Å². The minimum absolute atomic E-state index is 0.619. The van der Waals surface area contributed by atoms with Gasteiger partial charge < -0.3 is 15.1 Å². The van der Waals surface area contributed by atoms with Crippen LogP contribution in [0.25, 0.3) is 0 Å². The number of anilines is 3. The second-order valence-electron chi connectivity index (χ2n) is 6.15. The van der Waals surface area contributed by atoms with Gasteiger partial charge >= 0.3 is 0 Å². The Labute approximate surface area is 148 Å². The molecule has 24 heavy (non-hydrogen) atoms. The molecule has 1 fully saturated rings. The van der Waals surface area contributed by atoms with Crippen molar-refractivity contribution in [3.05, 3.63) is 40.5 Å². The molecule has 0 atom stereocenters. The van der Waals surface area contributed by atoms with E-state index in [0.29, 0.717) is 5.95 Å². The van der Waals surface area contributed by atoms with Gasteiger partial charge in [-0.3, -0.25) is 0 Å². The van der Waals surface area contributed by atoms with E-state index in [4.69, 9.17) is 16.6 Å². The molecular weight excluding hydrogens is 322 g/mol. The molecule has 5 nitrogen and oxygen atoms in total. The molecule has 0 spiro atoms. The number of aryl methyl sites for hydroxylation is 1. The van der Waals surface area contributed by atoms with Crippen LogP contribution in [0.15, 0.2) is 24.3 Å². The summed E-state index contributed by atoms with van der Waals surface area (Å²) >= 11 is 6.20. The molecule has 1 saturated heterocycles. The van der Waals surface area contributed by atoms with Gasteiger partial charge in [0.25, 0.3) is 0 Å². The van der Waals surface area contributed by atoms with Crippen molar-refractivity contribution in [3.63, 3.8) is 0 Å². The van der Waals surface area contributed by atoms with Gasteiger partial charge in [0.1, 0.15) is 5.82 Å². The van der Waals surface area contributed by atoms with Crippen molar-refractivity contribution < 1.29 is 0 Å². The highest BCUT2D eigenvalue weighted by Gasteiger charge is 2.18. The molecule has 0 bridgehead atoms. The lowest BCUT2D eigenvalue weighted by Crippen LogP contribution is -2.46. The van der Waals surface area contributed by atoms with Crippen LogP contribution in [0, 0.1) is 13.8 Å². The predicted molar refractivity (Wildman–Crippen MR) is 101 cm³/mol. The molecule has 1 N–H and O–H groups in total. The Morgan fingerprint density at radius 3 is 2.58 bits per heavy atom. The van der Waals surface area contributed by atoms with Crippen molar-refractivity contribution in [2.45, 2.75) is 20.8 Å². The molecule has 1 aliphatic rings. The topological polar surface area (TPSA) is 44.3 Å². The van der Waals surface area contributed by atoms with Crippen molar-refractivity contribution in [1.82, 2.24) is 14.9 Å². The second kappa shape index (κ2) is 7.36. The number of nitrogens with one attached hydrogen (secondary N) is 1. The molecule has 0 amide bonds. The lowest BCUT2D eigenvalue weighted by Gasteiger charge is -2.34. The molecule has 128 valence electrons. The van der Waals surface area contributed by atoms with Gasteiger partial charge in [-0.1, -0.05) is 24.6 Å². The monoisotopic (exact) mass is 345 g/mol. The Bertz CT molecular complexity index is 711. The molecule has 1 aromatic heterocycles. The normalized spacial score (nSPS) is 15.6. The van der Waals surface area contributed by atoms with Crippen molar-refractivity contribution in [3.8, 4) is 0 Å². The number of aromatic nitrogens is 2. The zero-order valence-electron chi connectivity index (χ0n) is 14.5. The summed E-state index contributed by atoms with van der Waals surface area (Å²) in [5.41, 5.74) is 2.90. The lowest BCUT2D eigenvalue weighted by molar-refractivity contribution is 0.270. The van der Waals surface area contributed by atoms with Crippen LogP contribution in [0.1, 0.15) is 18.2 Å². The predicted octanol–water partition coefficient (Wildman–Crippen LogP) is 3.63. The lowest BCUT2D eigenvalue weighted by atomic mass is 10.2. The number of benzene rings is 1. The van der Waals surface area contributed by atoms with Gasteiger partial charge in [-0.2, -0.15) is 4.98 Å². The fraction of sp³-hybridized carbons (Fsp3) is 0.444. The van der Waals surface area contributed by atoms with Gasteiger partial charge in [-0.25, -0.2) is 4.98 Å². The van der Waals surface area contributed by atoms with Gasteiger partial charge in [0, 0.05) is 48.6 Å². The summed E-state index contributed by atoms with van der Waals surface area (Å²) in [6, 6.07) is 7.86. The largest absolute Gasteiger partial charge is 0.354 e. The third-order valence-electron chi connectivity index (χ3n) is 4.50. The van der Waals surface area contributed by atoms with Gasteiger partial charge in [0.15, 0.2) is 0 Å². The van der Waals surface area contributed by atoms with E-state index >= 15 is 0 Å². The fourth-order valence-electron chi connectivity index (χ4n) is 2.93. The van der Waals surface area contributed by atoms with Gasteiger partial charge in [-0.05, 0) is 38.1 Å². The van der Waals surface area contributed by atoms with Crippen LogP contribution in [0.3, 0.4) is 0 Å². The highest BCUT2D eigenvalue weighted by Crippen LogP contribution is 2.26. The van der Waals surface area contributed by atoms with Crippen molar-refractivity contribution >= 4 is 29.1 Å². The molecule has 0 aliphatic carbocycles. The summed E-state index contributed by atoms with van der Waals surface area (Å²) in [6.07, 6.45) is 0. The number of halogens is 1. The summed E-state index contributed by atoms with van der Waals surface area (Å²) in [7, 11) is 0. The first-order valence-electron chi connectivity index (χ1n) is 8.42. The standard InChI is InChI=1S/C18H24ClN5/c1-4-23-8-10-24(11-9-23)17-12-13(2)20-18(22-17)21-16-7-5-6-15(19)14(16)3/h5-7,12H,4,8-11H2,1-3H3,(H,20,21,22). The number of hydrogen-bond donors (Lipinski definition) is 1. The molecule has 1 aliphatic heterocycles. The SMILES string of the molecule is CCN1CCN(c2cc(C)nc(Nc3cccc(Cl)c3C)n2)CC1. The van der Waals surface area contributed by atoms with E-state index in [0.717, 1.165) is 60.5 Å². The minimum Gasteiger partial charge on any atom is -0.354 e. The van der Waals surface area contributed by atoms with Gasteiger partial charge in [0.2, 0.25) is 5.95 Å². The minimum atomic E-state index is 0.619. The van der Waals surface area contributed by atoms with Crippen molar-refractivity contribution in [2.24, 2.45) is 0 Å². The zero-order valence-corrected chi connectivity index (χ0v) is 15.3. The van der Waals surface area contributed by atoms with E-state index in [2.05, 4.69) is 33.1 Å². The van der Waals surface area contributed by atoms with Crippen LogP contribution in [0.4, 0.5) is 17.5 Å². The maximum absolute atomic E-state index is 6.20. The molecule has 6 heteroatoms. The Morgan fingerprint density at radius 1 is 1.12 bits per heavy atom. The van der Waals surface area contributed by atoms with Gasteiger partial charge in [0.05, 0.1) is 0 Å². The summed E-state index contributed by atoms with van der Waals surface area (Å²) in [6.45, 7) is 11.5. The van der Waals surface area contributed by atoms with Crippen LogP contribution in [0.5, 0.6) is 0 Å². The van der Waals surface area contributed by atoms with E-state index in [1.54, 1.807) is 0 Å². The Balaban J connectivity index is 1.80. The molecule has 1 aromatic carbocycles. The smallest absolute Gasteiger partial charge is 0.229 e. The summed E-state index contributed by atoms with van der Waals surface area (Å²) < 4.78 is 0. The maximum atomic E-state index is 6.20. The molecular formula is C18H24ClN5. The number of rotatable bonds is 4. The number of likely N-dealkylation sites (N-methyl/N-ethyl adjacent to an activating group) is 1. The average Bonchev–Trinajstić information content (AvgIpc) is 2.58. The first-order valence-corrected chi connectivity index (χ1v) is 8.79. The second-order valence-corrected chi connectivity index (χ2v) is 6.56. The van der Waals surface area contributed by atoms with Gasteiger partial charge in [-0.15, -0.1) is 0 Å². The van der Waals surface area contributed by atoms with E-state index in [1.165, 1.54) is 0 Å². The summed E-state index contributed by atoms with van der Waals surface area (Å²) in [4.78, 5) is 14.0. The molecule has 3 rings (SSSR count). The Hall–Kier alpha value is -1.85. The number of hydrogen-bond acceptors (Lipinski definition) is 5. The fourth-order valence-corrected chi connectivity index (χ4v) is 3.10. The van der Waals surface area contributed by atoms with Crippen LogP contribution < -0.4 is 10.2 Å². The van der Waals surface area contributed by atoms with Crippen LogP contribution in [-0.2, 0) is 0 Å². The molecule has 0 radical (unpaired) electrons. The van der Waals surface area contributed by atoms with Crippen molar-refractivity contribution in [1.29, 1.82) is 0 Å². The van der Waals surface area contributed by atoms with Crippen LogP contribution in [0.2, 0.25) is 5.02 Å². The maximum Gasteiger partial charge on any atom is 0.229 e. The van der Waals surface area contributed by atoms with E-state index in [1.807, 2.05) is 32.0 Å².